The molecule has 0 bridgehead atoms. The number of aromatic nitrogens is 1. The molecule has 26 heavy (non-hydrogen) atoms. The summed E-state index contributed by atoms with van der Waals surface area (Å²) in [6.07, 6.45) is 1.39. The zero-order chi connectivity index (χ0) is 18.9. The van der Waals surface area contributed by atoms with Gasteiger partial charge in [0.25, 0.3) is 10.0 Å². The minimum absolute atomic E-state index is 0.0202. The number of anilines is 1. The summed E-state index contributed by atoms with van der Waals surface area (Å²) >= 11 is 2.21. The highest BCUT2D eigenvalue weighted by molar-refractivity contribution is 7.92. The van der Waals surface area contributed by atoms with Crippen molar-refractivity contribution in [2.24, 2.45) is 0 Å². The van der Waals surface area contributed by atoms with Gasteiger partial charge in [0.2, 0.25) is 5.91 Å². The summed E-state index contributed by atoms with van der Waals surface area (Å²) < 4.78 is 52.0. The third-order valence-corrected chi connectivity index (χ3v) is 10.4. The van der Waals surface area contributed by atoms with Crippen LogP contribution in [0.1, 0.15) is 23.5 Å². The highest BCUT2D eigenvalue weighted by Crippen LogP contribution is 2.34. The van der Waals surface area contributed by atoms with E-state index in [1.807, 2.05) is 5.38 Å². The van der Waals surface area contributed by atoms with Crippen molar-refractivity contribution in [3.05, 3.63) is 28.6 Å². The van der Waals surface area contributed by atoms with Gasteiger partial charge in [0.15, 0.2) is 19.2 Å². The lowest BCUT2D eigenvalue weighted by Crippen LogP contribution is -2.33. The summed E-state index contributed by atoms with van der Waals surface area (Å²) in [5, 5.41) is 3.76. The van der Waals surface area contributed by atoms with Crippen LogP contribution in [0.2, 0.25) is 0 Å². The number of hydrogen-bond acceptors (Lipinski definition) is 8. The summed E-state index contributed by atoms with van der Waals surface area (Å²) in [6, 6.07) is 3.55. The molecule has 1 amide bonds. The van der Waals surface area contributed by atoms with Crippen molar-refractivity contribution in [3.8, 4) is 0 Å². The molecule has 1 saturated heterocycles. The van der Waals surface area contributed by atoms with Crippen molar-refractivity contribution in [1.29, 1.82) is 0 Å². The lowest BCUT2D eigenvalue weighted by molar-refractivity contribution is -0.114. The zero-order valence-electron chi connectivity index (χ0n) is 13.8. The predicted molar refractivity (Wildman–Crippen MR) is 101 cm³/mol. The van der Waals surface area contributed by atoms with Gasteiger partial charge < -0.3 is 5.32 Å². The first kappa shape index (κ1) is 19.4. The van der Waals surface area contributed by atoms with E-state index in [-0.39, 0.29) is 40.5 Å². The van der Waals surface area contributed by atoms with Gasteiger partial charge >= 0.3 is 0 Å². The second-order valence-corrected chi connectivity index (χ2v) is 12.2. The summed E-state index contributed by atoms with van der Waals surface area (Å²) in [5.41, 5.74) is 0. The molecule has 2 aromatic rings. The molecular weight excluding hydrogens is 418 g/mol. The van der Waals surface area contributed by atoms with Gasteiger partial charge in [-0.25, -0.2) is 21.8 Å². The Balaban J connectivity index is 1.83. The van der Waals surface area contributed by atoms with Crippen LogP contribution in [0.3, 0.4) is 0 Å². The maximum absolute atomic E-state index is 12.8. The molecule has 1 aliphatic heterocycles. The Bertz CT molecular complexity index is 995. The smallest absolute Gasteiger partial charge is 0.254 e. The highest BCUT2D eigenvalue weighted by Gasteiger charge is 2.36. The number of nitrogens with one attached hydrogen (secondary N) is 1. The Morgan fingerprint density at radius 2 is 2.15 bits per heavy atom. The molecule has 2 aromatic heterocycles. The summed E-state index contributed by atoms with van der Waals surface area (Å²) in [5.74, 6) is -0.574. The fourth-order valence-corrected chi connectivity index (χ4v) is 8.48. The average molecular weight is 436 g/mol. The predicted octanol–water partition coefficient (Wildman–Crippen LogP) is 1.71. The number of rotatable bonds is 4. The number of thiazole rings is 1. The average Bonchev–Trinajstić information content (AvgIpc) is 3.18. The molecule has 0 spiro atoms. The lowest BCUT2D eigenvalue weighted by atomic mass is 10.2. The van der Waals surface area contributed by atoms with E-state index < -0.39 is 25.1 Å². The van der Waals surface area contributed by atoms with Crippen molar-refractivity contribution in [2.75, 3.05) is 24.2 Å². The Morgan fingerprint density at radius 3 is 2.81 bits per heavy atom. The first-order chi connectivity index (χ1) is 12.2. The maximum Gasteiger partial charge on any atom is 0.254 e. The Kier molecular flexibility index (Phi) is 5.49. The first-order valence-corrected chi connectivity index (χ1v) is 12.5. The SMILES string of the molecule is CC(=O)Nc1ncc(S(=O)(=O)N2CC[C@@H](c3cccs3)S(=O)(=O)CC2)s1. The van der Waals surface area contributed by atoms with Crippen LogP contribution in [-0.4, -0.2) is 50.9 Å². The molecule has 3 heterocycles. The van der Waals surface area contributed by atoms with E-state index in [1.54, 1.807) is 12.1 Å². The van der Waals surface area contributed by atoms with Gasteiger partial charge in [0.1, 0.15) is 0 Å². The van der Waals surface area contributed by atoms with Crippen LogP contribution in [0.4, 0.5) is 5.13 Å². The topological polar surface area (TPSA) is 114 Å². The van der Waals surface area contributed by atoms with Gasteiger partial charge in [-0.15, -0.1) is 11.3 Å². The van der Waals surface area contributed by atoms with E-state index in [0.717, 1.165) is 16.2 Å². The minimum Gasteiger partial charge on any atom is -0.302 e. The van der Waals surface area contributed by atoms with Crippen LogP contribution in [0.15, 0.2) is 27.9 Å². The Hall–Kier alpha value is -1.34. The van der Waals surface area contributed by atoms with Crippen molar-refractivity contribution in [2.45, 2.75) is 22.8 Å². The molecule has 8 nitrogen and oxygen atoms in total. The molecule has 1 fully saturated rings. The number of carbonyl (C=O) groups excluding carboxylic acids is 1. The minimum atomic E-state index is -3.87. The molecule has 3 rings (SSSR count). The van der Waals surface area contributed by atoms with Crippen molar-refractivity contribution < 1.29 is 21.6 Å². The molecule has 142 valence electrons. The monoisotopic (exact) mass is 435 g/mol. The van der Waals surface area contributed by atoms with Crippen LogP contribution in [0, 0.1) is 0 Å². The van der Waals surface area contributed by atoms with E-state index >= 15 is 0 Å². The van der Waals surface area contributed by atoms with Gasteiger partial charge in [-0.3, -0.25) is 4.79 Å². The van der Waals surface area contributed by atoms with Crippen LogP contribution in [0.25, 0.3) is 0 Å². The maximum atomic E-state index is 12.8. The molecule has 1 atom stereocenters. The van der Waals surface area contributed by atoms with Crippen molar-refractivity contribution >= 4 is 53.6 Å². The number of carbonyl (C=O) groups is 1. The molecular formula is C14H17N3O5S4. The number of nitrogens with zero attached hydrogens (tertiary/aromatic N) is 2. The number of sulfonamides is 1. The van der Waals surface area contributed by atoms with Crippen LogP contribution in [0.5, 0.6) is 0 Å². The largest absolute Gasteiger partial charge is 0.302 e. The molecule has 0 aliphatic carbocycles. The lowest BCUT2D eigenvalue weighted by Gasteiger charge is -2.18. The molecule has 0 saturated carbocycles. The third-order valence-electron chi connectivity index (χ3n) is 3.92. The summed E-state index contributed by atoms with van der Waals surface area (Å²) in [7, 11) is -7.30. The quantitative estimate of drug-likeness (QED) is 0.782. The molecule has 1 aliphatic rings. The summed E-state index contributed by atoms with van der Waals surface area (Å²) in [4.78, 5) is 15.7. The normalized spacial score (nSPS) is 21.2. The van der Waals surface area contributed by atoms with E-state index in [1.165, 1.54) is 28.8 Å². The van der Waals surface area contributed by atoms with E-state index in [2.05, 4.69) is 10.3 Å². The summed E-state index contributed by atoms with van der Waals surface area (Å²) in [6.45, 7) is 1.32. The number of hydrogen-bond donors (Lipinski definition) is 1. The molecule has 0 aromatic carbocycles. The molecule has 12 heteroatoms. The zero-order valence-corrected chi connectivity index (χ0v) is 17.0. The van der Waals surface area contributed by atoms with Crippen molar-refractivity contribution in [1.82, 2.24) is 9.29 Å². The van der Waals surface area contributed by atoms with Crippen LogP contribution < -0.4 is 5.32 Å². The van der Waals surface area contributed by atoms with Crippen LogP contribution in [-0.2, 0) is 24.7 Å². The van der Waals surface area contributed by atoms with Gasteiger partial charge in [0, 0.05) is 24.9 Å². The van der Waals surface area contributed by atoms with Gasteiger partial charge in [-0.05, 0) is 17.9 Å². The van der Waals surface area contributed by atoms with E-state index in [9.17, 15) is 21.6 Å². The number of sulfone groups is 1. The van der Waals surface area contributed by atoms with Gasteiger partial charge in [-0.1, -0.05) is 17.4 Å². The molecule has 0 unspecified atom stereocenters. The first-order valence-electron chi connectivity index (χ1n) is 7.69. The van der Waals surface area contributed by atoms with E-state index in [0.29, 0.717) is 0 Å². The molecule has 0 radical (unpaired) electrons. The van der Waals surface area contributed by atoms with Gasteiger partial charge in [0.05, 0.1) is 17.2 Å². The van der Waals surface area contributed by atoms with Gasteiger partial charge in [-0.2, -0.15) is 4.31 Å². The van der Waals surface area contributed by atoms with Crippen LogP contribution >= 0.6 is 22.7 Å². The standard InChI is InChI=1S/C14H17N3O5S4/c1-10(18)16-14-15-9-13(24-14)26(21,22)17-5-4-12(11-3-2-7-23-11)25(19,20)8-6-17/h2-3,7,9,12H,4-6,8H2,1H3,(H,15,16,18)/t12-/m0/s1. The third kappa shape index (κ3) is 3.98. The highest BCUT2D eigenvalue weighted by atomic mass is 32.2. The number of amides is 1. The van der Waals surface area contributed by atoms with Crippen molar-refractivity contribution in [3.63, 3.8) is 0 Å². The number of thiophene rings is 1. The fourth-order valence-electron chi connectivity index (χ4n) is 2.67. The second-order valence-electron chi connectivity index (χ2n) is 5.73. The Morgan fingerprint density at radius 1 is 1.38 bits per heavy atom. The van der Waals surface area contributed by atoms with E-state index in [4.69, 9.17) is 0 Å². The second kappa shape index (κ2) is 7.35. The Labute approximate surface area is 159 Å². The molecule has 1 N–H and O–H groups in total. The fraction of sp³-hybridized carbons (Fsp3) is 0.429.